The highest BCUT2D eigenvalue weighted by Gasteiger charge is 2.27. The first-order chi connectivity index (χ1) is 14.1. The molecule has 1 saturated heterocycles. The van der Waals surface area contributed by atoms with Crippen LogP contribution in [-0.2, 0) is 4.74 Å². The first-order valence-corrected chi connectivity index (χ1v) is 10.0. The molecule has 9 heteroatoms. The zero-order valence-corrected chi connectivity index (χ0v) is 16.6. The molecule has 0 spiro atoms. The molecule has 0 aliphatic carbocycles. The van der Waals surface area contributed by atoms with E-state index in [9.17, 15) is 14.9 Å². The molecular weight excluding hydrogens is 374 g/mol. The zero-order chi connectivity index (χ0) is 20.6. The minimum Gasteiger partial charge on any atom is -0.382 e. The average molecular weight is 401 g/mol. The van der Waals surface area contributed by atoms with Gasteiger partial charge in [0.2, 0.25) is 0 Å². The molecule has 1 fully saturated rings. The summed E-state index contributed by atoms with van der Waals surface area (Å²) in [6.45, 7) is 5.51. The van der Waals surface area contributed by atoms with Gasteiger partial charge in [0.25, 0.3) is 11.6 Å². The highest BCUT2D eigenvalue weighted by atomic mass is 16.6. The fraction of sp³-hybridized carbons (Fsp3) is 0.500. The zero-order valence-electron chi connectivity index (χ0n) is 16.6. The van der Waals surface area contributed by atoms with Crippen molar-refractivity contribution in [3.63, 3.8) is 0 Å². The third kappa shape index (κ3) is 5.18. The highest BCUT2D eigenvalue weighted by Crippen LogP contribution is 2.30. The molecule has 1 aliphatic rings. The molecule has 3 rings (SSSR count). The summed E-state index contributed by atoms with van der Waals surface area (Å²) in [5, 5.41) is 21.7. The molecule has 2 heterocycles. The molecule has 29 heavy (non-hydrogen) atoms. The Balaban J connectivity index is 1.84. The first-order valence-electron chi connectivity index (χ1n) is 10.0. The number of hydrogen-bond acceptors (Lipinski definition) is 6. The molecule has 1 aromatic heterocycles. The van der Waals surface area contributed by atoms with Crippen LogP contribution in [0.25, 0.3) is 5.69 Å². The average Bonchev–Trinajstić information content (AvgIpc) is 3.19. The molecule has 9 nitrogen and oxygen atoms in total. The van der Waals surface area contributed by atoms with Crippen molar-refractivity contribution in [1.29, 1.82) is 0 Å². The van der Waals surface area contributed by atoms with E-state index in [4.69, 9.17) is 4.74 Å². The Morgan fingerprint density at radius 1 is 1.34 bits per heavy atom. The molecule has 0 bridgehead atoms. The number of ether oxygens (including phenoxy) is 1. The second kappa shape index (κ2) is 10.1. The predicted molar refractivity (Wildman–Crippen MR) is 109 cm³/mol. The summed E-state index contributed by atoms with van der Waals surface area (Å²) >= 11 is 0. The Hall–Kier alpha value is -2.78. The summed E-state index contributed by atoms with van der Waals surface area (Å²) in [7, 11) is 0. The lowest BCUT2D eigenvalue weighted by Crippen LogP contribution is -2.30. The minimum absolute atomic E-state index is 0.0246. The first kappa shape index (κ1) is 20.9. The van der Waals surface area contributed by atoms with Gasteiger partial charge in [-0.2, -0.15) is 5.10 Å². The summed E-state index contributed by atoms with van der Waals surface area (Å²) in [4.78, 5) is 23.3. The maximum Gasteiger partial charge on any atom is 0.269 e. The largest absolute Gasteiger partial charge is 0.382 e. The van der Waals surface area contributed by atoms with Crippen LogP contribution < -0.4 is 10.6 Å². The van der Waals surface area contributed by atoms with E-state index in [-0.39, 0.29) is 17.5 Å². The summed E-state index contributed by atoms with van der Waals surface area (Å²) in [5.41, 5.74) is 2.16. The third-order valence-corrected chi connectivity index (χ3v) is 5.04. The molecule has 2 aromatic rings. The van der Waals surface area contributed by atoms with Gasteiger partial charge in [-0.1, -0.05) is 0 Å². The Morgan fingerprint density at radius 2 is 2.07 bits per heavy atom. The van der Waals surface area contributed by atoms with Crippen molar-refractivity contribution >= 4 is 11.6 Å². The second-order valence-corrected chi connectivity index (χ2v) is 6.96. The van der Waals surface area contributed by atoms with Crippen LogP contribution in [0.1, 0.15) is 48.2 Å². The van der Waals surface area contributed by atoms with Crippen LogP contribution in [0, 0.1) is 10.1 Å². The number of nitro benzene ring substituents is 1. The van der Waals surface area contributed by atoms with Gasteiger partial charge >= 0.3 is 0 Å². The lowest BCUT2D eigenvalue weighted by molar-refractivity contribution is -0.384. The van der Waals surface area contributed by atoms with Gasteiger partial charge < -0.3 is 15.4 Å². The van der Waals surface area contributed by atoms with E-state index in [1.807, 2.05) is 6.92 Å². The quantitative estimate of drug-likeness (QED) is 0.379. The summed E-state index contributed by atoms with van der Waals surface area (Å²) in [6.07, 6.45) is 4.15. The van der Waals surface area contributed by atoms with Crippen LogP contribution >= 0.6 is 0 Å². The number of nitrogens with one attached hydrogen (secondary N) is 2. The molecule has 0 atom stereocenters. The van der Waals surface area contributed by atoms with E-state index in [1.165, 1.54) is 12.1 Å². The van der Waals surface area contributed by atoms with Crippen molar-refractivity contribution < 1.29 is 14.5 Å². The standard InChI is InChI=1S/C20H27N5O4/c1-2-29-13-3-10-22-20(26)18-14-23-24(19(18)15-8-11-21-12-9-15)16-4-6-17(7-5-16)25(27)28/h4-7,14-15,21H,2-3,8-13H2,1H3,(H,22,26). The molecule has 2 N–H and O–H groups in total. The Bertz CT molecular complexity index is 828. The number of piperidine rings is 1. The number of nitrogens with zero attached hydrogens (tertiary/aromatic N) is 3. The van der Waals surface area contributed by atoms with E-state index >= 15 is 0 Å². The van der Waals surface area contributed by atoms with Crippen molar-refractivity contribution in [2.24, 2.45) is 0 Å². The van der Waals surface area contributed by atoms with Crippen molar-refractivity contribution in [3.8, 4) is 5.69 Å². The van der Waals surface area contributed by atoms with E-state index in [0.717, 1.165) is 38.0 Å². The van der Waals surface area contributed by atoms with Crippen LogP contribution in [0.4, 0.5) is 5.69 Å². The molecule has 156 valence electrons. The van der Waals surface area contributed by atoms with Gasteiger partial charge in [0, 0.05) is 37.8 Å². The lowest BCUT2D eigenvalue weighted by Gasteiger charge is -2.24. The van der Waals surface area contributed by atoms with E-state index in [2.05, 4.69) is 15.7 Å². The Morgan fingerprint density at radius 3 is 2.72 bits per heavy atom. The van der Waals surface area contributed by atoms with Gasteiger partial charge in [0.1, 0.15) is 0 Å². The SMILES string of the molecule is CCOCCCNC(=O)c1cnn(-c2ccc([N+](=O)[O-])cc2)c1C1CCNCC1. The smallest absolute Gasteiger partial charge is 0.269 e. The summed E-state index contributed by atoms with van der Waals surface area (Å²) < 4.78 is 7.05. The molecule has 0 unspecified atom stereocenters. The number of carbonyl (C=O) groups excluding carboxylic acids is 1. The number of nitro groups is 1. The number of aromatic nitrogens is 2. The summed E-state index contributed by atoms with van der Waals surface area (Å²) in [6, 6.07) is 6.24. The molecule has 1 aliphatic heterocycles. The number of benzene rings is 1. The van der Waals surface area contributed by atoms with Gasteiger partial charge in [-0.25, -0.2) is 4.68 Å². The molecule has 0 saturated carbocycles. The molecule has 0 radical (unpaired) electrons. The van der Waals surface area contributed by atoms with Gasteiger partial charge in [-0.3, -0.25) is 14.9 Å². The predicted octanol–water partition coefficient (Wildman–Crippen LogP) is 2.40. The number of carbonyl (C=O) groups is 1. The highest BCUT2D eigenvalue weighted by molar-refractivity contribution is 5.95. The molecule has 1 aromatic carbocycles. The van der Waals surface area contributed by atoms with Crippen LogP contribution in [0.15, 0.2) is 30.5 Å². The van der Waals surface area contributed by atoms with Crippen LogP contribution in [0.3, 0.4) is 0 Å². The van der Waals surface area contributed by atoms with Crippen molar-refractivity contribution in [1.82, 2.24) is 20.4 Å². The second-order valence-electron chi connectivity index (χ2n) is 6.96. The van der Waals surface area contributed by atoms with Gasteiger partial charge in [-0.05, 0) is 51.4 Å². The fourth-order valence-corrected chi connectivity index (χ4v) is 3.56. The van der Waals surface area contributed by atoms with E-state index < -0.39 is 4.92 Å². The van der Waals surface area contributed by atoms with E-state index in [0.29, 0.717) is 31.0 Å². The maximum atomic E-state index is 12.8. The number of hydrogen-bond donors (Lipinski definition) is 2. The van der Waals surface area contributed by atoms with Crippen LogP contribution in [0.2, 0.25) is 0 Å². The lowest BCUT2D eigenvalue weighted by atomic mass is 9.91. The number of amides is 1. The Kier molecular flexibility index (Phi) is 7.31. The van der Waals surface area contributed by atoms with Crippen molar-refractivity contribution in [2.45, 2.75) is 32.1 Å². The normalized spacial score (nSPS) is 14.7. The fourth-order valence-electron chi connectivity index (χ4n) is 3.56. The van der Waals surface area contributed by atoms with Crippen molar-refractivity contribution in [2.75, 3.05) is 32.8 Å². The van der Waals surface area contributed by atoms with Crippen LogP contribution in [-0.4, -0.2) is 53.5 Å². The van der Waals surface area contributed by atoms with Gasteiger partial charge in [0.15, 0.2) is 0 Å². The van der Waals surface area contributed by atoms with Crippen molar-refractivity contribution in [3.05, 3.63) is 51.8 Å². The minimum atomic E-state index is -0.429. The van der Waals surface area contributed by atoms with E-state index in [1.54, 1.807) is 23.0 Å². The van der Waals surface area contributed by atoms with Gasteiger partial charge in [-0.15, -0.1) is 0 Å². The molecule has 1 amide bonds. The summed E-state index contributed by atoms with van der Waals surface area (Å²) in [5.74, 6) is 0.0429. The number of rotatable bonds is 9. The topological polar surface area (TPSA) is 111 Å². The van der Waals surface area contributed by atoms with Gasteiger partial charge in [0.05, 0.1) is 28.1 Å². The maximum absolute atomic E-state index is 12.8. The third-order valence-electron chi connectivity index (χ3n) is 5.04. The number of non-ortho nitro benzene ring substituents is 1. The monoisotopic (exact) mass is 401 g/mol. The van der Waals surface area contributed by atoms with Crippen LogP contribution in [0.5, 0.6) is 0 Å². The molecular formula is C20H27N5O4. The Labute approximate surface area is 169 Å².